The van der Waals surface area contributed by atoms with Gasteiger partial charge in [-0.2, -0.15) is 0 Å². The summed E-state index contributed by atoms with van der Waals surface area (Å²) < 4.78 is 0. The lowest BCUT2D eigenvalue weighted by molar-refractivity contribution is 0.0926. The first kappa shape index (κ1) is 22.1. The highest BCUT2D eigenvalue weighted by atomic mass is 16.3. The van der Waals surface area contributed by atoms with Crippen molar-refractivity contribution in [1.82, 2.24) is 10.3 Å². The second-order valence-electron chi connectivity index (χ2n) is 10.0. The summed E-state index contributed by atoms with van der Waals surface area (Å²) in [5.74, 6) is -0.0114. The molecule has 3 aromatic rings. The lowest BCUT2D eigenvalue weighted by Gasteiger charge is -2.31. The summed E-state index contributed by atoms with van der Waals surface area (Å²) >= 11 is 0. The van der Waals surface area contributed by atoms with Gasteiger partial charge in [-0.15, -0.1) is 0 Å². The molecule has 1 aliphatic rings. The molecule has 1 saturated carbocycles. The van der Waals surface area contributed by atoms with E-state index in [0.29, 0.717) is 11.6 Å². The number of anilines is 1. The molecule has 0 aliphatic heterocycles. The fraction of sp³-hybridized carbons (Fsp3) is 0.407. The number of amides is 1. The SMILES string of the molecule is Cc1ccc2nc(C(C)(C)C)cc(NC3CCC(NC(=O)c4cccc(O)c4)CC3)c2c1. The fourth-order valence-electron chi connectivity index (χ4n) is 4.36. The second kappa shape index (κ2) is 8.81. The zero-order chi connectivity index (χ0) is 22.9. The molecule has 0 saturated heterocycles. The van der Waals surface area contributed by atoms with Crippen molar-refractivity contribution in [2.24, 2.45) is 0 Å². The van der Waals surface area contributed by atoms with Crippen LogP contribution in [0.3, 0.4) is 0 Å². The molecule has 0 unspecified atom stereocenters. The Morgan fingerprint density at radius 2 is 1.72 bits per heavy atom. The summed E-state index contributed by atoms with van der Waals surface area (Å²) in [7, 11) is 0. The van der Waals surface area contributed by atoms with Crippen LogP contribution in [0, 0.1) is 6.92 Å². The molecule has 0 radical (unpaired) electrons. The Morgan fingerprint density at radius 1 is 1.00 bits per heavy atom. The maximum absolute atomic E-state index is 12.5. The van der Waals surface area contributed by atoms with Crippen LogP contribution in [-0.2, 0) is 5.41 Å². The summed E-state index contributed by atoms with van der Waals surface area (Å²) in [6.45, 7) is 8.69. The van der Waals surface area contributed by atoms with Gasteiger partial charge in [0.15, 0.2) is 0 Å². The highest BCUT2D eigenvalue weighted by molar-refractivity contribution is 5.95. The average Bonchev–Trinajstić information content (AvgIpc) is 2.74. The van der Waals surface area contributed by atoms with Gasteiger partial charge in [0, 0.05) is 39.8 Å². The predicted octanol–water partition coefficient (Wildman–Crippen LogP) is 5.70. The molecule has 1 fully saturated rings. The summed E-state index contributed by atoms with van der Waals surface area (Å²) in [6, 6.07) is 15.7. The number of nitrogens with zero attached hydrogens (tertiary/aromatic N) is 1. The number of hydrogen-bond acceptors (Lipinski definition) is 4. The van der Waals surface area contributed by atoms with Crippen LogP contribution in [0.2, 0.25) is 0 Å². The molecule has 32 heavy (non-hydrogen) atoms. The Balaban J connectivity index is 1.45. The number of phenolic OH excluding ortho intramolecular Hbond substituents is 1. The largest absolute Gasteiger partial charge is 0.508 e. The number of pyridine rings is 1. The molecule has 3 N–H and O–H groups in total. The first-order valence-corrected chi connectivity index (χ1v) is 11.5. The number of phenols is 1. The first-order valence-electron chi connectivity index (χ1n) is 11.5. The Morgan fingerprint density at radius 3 is 2.41 bits per heavy atom. The molecule has 0 atom stereocenters. The van der Waals surface area contributed by atoms with E-state index in [1.54, 1.807) is 18.2 Å². The van der Waals surface area contributed by atoms with Gasteiger partial charge in [0.05, 0.1) is 5.52 Å². The van der Waals surface area contributed by atoms with Crippen molar-refractivity contribution in [1.29, 1.82) is 0 Å². The molecule has 5 heteroatoms. The van der Waals surface area contributed by atoms with Crippen molar-refractivity contribution in [3.8, 4) is 5.75 Å². The number of aromatic hydroxyl groups is 1. The monoisotopic (exact) mass is 431 g/mol. The van der Waals surface area contributed by atoms with Crippen LogP contribution in [0.4, 0.5) is 5.69 Å². The van der Waals surface area contributed by atoms with Crippen LogP contribution in [0.25, 0.3) is 10.9 Å². The van der Waals surface area contributed by atoms with Gasteiger partial charge >= 0.3 is 0 Å². The van der Waals surface area contributed by atoms with Gasteiger partial charge in [-0.1, -0.05) is 38.5 Å². The van der Waals surface area contributed by atoms with Gasteiger partial charge < -0.3 is 15.7 Å². The van der Waals surface area contributed by atoms with Crippen molar-refractivity contribution in [2.45, 2.75) is 70.9 Å². The maximum atomic E-state index is 12.5. The Labute approximate surface area is 190 Å². The van der Waals surface area contributed by atoms with E-state index >= 15 is 0 Å². The number of nitrogens with one attached hydrogen (secondary N) is 2. The fourth-order valence-corrected chi connectivity index (χ4v) is 4.36. The van der Waals surface area contributed by atoms with Gasteiger partial charge in [-0.25, -0.2) is 0 Å². The smallest absolute Gasteiger partial charge is 0.251 e. The molecule has 2 aromatic carbocycles. The predicted molar refractivity (Wildman–Crippen MR) is 130 cm³/mol. The highest BCUT2D eigenvalue weighted by Gasteiger charge is 2.24. The molecule has 1 aromatic heterocycles. The first-order chi connectivity index (χ1) is 15.2. The Kier molecular flexibility index (Phi) is 6.09. The zero-order valence-electron chi connectivity index (χ0n) is 19.4. The number of aromatic nitrogens is 1. The van der Waals surface area contributed by atoms with Crippen molar-refractivity contribution in [3.05, 3.63) is 65.4 Å². The molecule has 0 spiro atoms. The van der Waals surface area contributed by atoms with E-state index in [1.807, 2.05) is 0 Å². The van der Waals surface area contributed by atoms with Crippen molar-refractivity contribution in [2.75, 3.05) is 5.32 Å². The van der Waals surface area contributed by atoms with E-state index < -0.39 is 0 Å². The van der Waals surface area contributed by atoms with Crippen molar-refractivity contribution < 1.29 is 9.90 Å². The highest BCUT2D eigenvalue weighted by Crippen LogP contribution is 2.32. The number of benzene rings is 2. The van der Waals surface area contributed by atoms with Crippen LogP contribution in [0.5, 0.6) is 5.75 Å². The summed E-state index contributed by atoms with van der Waals surface area (Å²) in [4.78, 5) is 17.4. The maximum Gasteiger partial charge on any atom is 0.251 e. The summed E-state index contributed by atoms with van der Waals surface area (Å²) in [5.41, 5.74) is 4.96. The molecule has 0 bridgehead atoms. The van der Waals surface area contributed by atoms with E-state index in [2.05, 4.69) is 62.6 Å². The third-order valence-electron chi connectivity index (χ3n) is 6.26. The number of aryl methyl sites for hydroxylation is 1. The molecule has 168 valence electrons. The average molecular weight is 432 g/mol. The third-order valence-corrected chi connectivity index (χ3v) is 6.26. The normalized spacial score (nSPS) is 19.0. The molecule has 4 rings (SSSR count). The lowest BCUT2D eigenvalue weighted by atomic mass is 9.89. The van der Waals surface area contributed by atoms with Crippen LogP contribution >= 0.6 is 0 Å². The Bertz CT molecular complexity index is 1130. The Hall–Kier alpha value is -3.08. The number of hydrogen-bond donors (Lipinski definition) is 3. The van der Waals surface area contributed by atoms with Gasteiger partial charge in [0.25, 0.3) is 5.91 Å². The van der Waals surface area contributed by atoms with E-state index in [-0.39, 0.29) is 23.1 Å². The number of rotatable bonds is 4. The quantitative estimate of drug-likeness (QED) is 0.495. The topological polar surface area (TPSA) is 74.2 Å². The van der Waals surface area contributed by atoms with Gasteiger partial charge in [0.2, 0.25) is 0 Å². The minimum Gasteiger partial charge on any atom is -0.508 e. The number of carbonyl (C=O) groups is 1. The minimum absolute atomic E-state index is 0.0245. The van der Waals surface area contributed by atoms with Crippen LogP contribution in [-0.4, -0.2) is 28.1 Å². The van der Waals surface area contributed by atoms with Crippen molar-refractivity contribution in [3.63, 3.8) is 0 Å². The van der Waals surface area contributed by atoms with Crippen molar-refractivity contribution >= 4 is 22.5 Å². The molecule has 1 aliphatic carbocycles. The van der Waals surface area contributed by atoms with Gasteiger partial charge in [-0.05, 0) is 69.0 Å². The second-order valence-corrected chi connectivity index (χ2v) is 10.0. The third kappa shape index (κ3) is 5.04. The summed E-state index contributed by atoms with van der Waals surface area (Å²) in [6.07, 6.45) is 3.84. The minimum atomic E-state index is -0.122. The van der Waals surface area contributed by atoms with Crippen LogP contribution in [0.15, 0.2) is 48.5 Å². The molecule has 1 amide bonds. The van der Waals surface area contributed by atoms with Gasteiger partial charge in [0.1, 0.15) is 5.75 Å². The number of carbonyl (C=O) groups excluding carboxylic acids is 1. The lowest BCUT2D eigenvalue weighted by Crippen LogP contribution is -2.40. The molecular formula is C27H33N3O2. The molecule has 1 heterocycles. The van der Waals surface area contributed by atoms with Gasteiger partial charge in [-0.3, -0.25) is 9.78 Å². The standard InChI is InChI=1S/C27H33N3O2/c1-17-8-13-23-22(14-17)24(16-25(30-23)27(2,3)4)28-19-9-11-20(12-10-19)29-26(32)18-6-5-7-21(31)15-18/h5-8,13-16,19-20,31H,9-12H2,1-4H3,(H,28,30)(H,29,32). The van der Waals surface area contributed by atoms with E-state index in [0.717, 1.165) is 48.0 Å². The van der Waals surface area contributed by atoms with E-state index in [4.69, 9.17) is 4.98 Å². The molecule has 5 nitrogen and oxygen atoms in total. The van der Waals surface area contributed by atoms with Crippen LogP contribution < -0.4 is 10.6 Å². The van der Waals surface area contributed by atoms with Crippen LogP contribution in [0.1, 0.15) is 68.1 Å². The van der Waals surface area contributed by atoms with E-state index in [9.17, 15) is 9.90 Å². The molecular weight excluding hydrogens is 398 g/mol. The number of fused-ring (bicyclic) bond motifs is 1. The summed E-state index contributed by atoms with van der Waals surface area (Å²) in [5, 5.41) is 17.7. The van der Waals surface area contributed by atoms with E-state index in [1.165, 1.54) is 11.6 Å². The zero-order valence-corrected chi connectivity index (χ0v) is 19.4.